The van der Waals surface area contributed by atoms with Crippen molar-refractivity contribution in [1.82, 2.24) is 14.9 Å². The van der Waals surface area contributed by atoms with Crippen LogP contribution in [0.3, 0.4) is 0 Å². The number of rotatable bonds is 5. The van der Waals surface area contributed by atoms with Crippen LogP contribution in [0.15, 0.2) is 30.6 Å². The van der Waals surface area contributed by atoms with Crippen molar-refractivity contribution in [3.8, 4) is 11.6 Å². The monoisotopic (exact) mass is 376 g/mol. The lowest BCUT2D eigenvalue weighted by molar-refractivity contribution is 0.0715. The molecule has 26 heavy (non-hydrogen) atoms. The van der Waals surface area contributed by atoms with Gasteiger partial charge in [-0.1, -0.05) is 11.6 Å². The lowest BCUT2D eigenvalue weighted by Gasteiger charge is -2.33. The summed E-state index contributed by atoms with van der Waals surface area (Å²) in [7, 11) is 3.11. The Kier molecular flexibility index (Phi) is 5.78. The molecule has 1 fully saturated rings. The summed E-state index contributed by atoms with van der Waals surface area (Å²) in [6.45, 7) is 1.27. The van der Waals surface area contributed by atoms with Crippen molar-refractivity contribution < 1.29 is 14.3 Å². The number of methoxy groups -OCH3 is 2. The molecule has 0 aliphatic carbocycles. The number of halogens is 1. The van der Waals surface area contributed by atoms with Crippen LogP contribution >= 0.6 is 11.6 Å². The average Bonchev–Trinajstić information content (AvgIpc) is 2.68. The van der Waals surface area contributed by atoms with E-state index in [1.807, 2.05) is 4.90 Å². The topological polar surface area (TPSA) is 76.6 Å². The summed E-state index contributed by atoms with van der Waals surface area (Å²) in [6, 6.07) is 5.27. The van der Waals surface area contributed by atoms with E-state index in [-0.39, 0.29) is 11.9 Å². The zero-order valence-corrected chi connectivity index (χ0v) is 15.5. The molecule has 1 aromatic carbocycles. The molecule has 1 aliphatic heterocycles. The Labute approximate surface area is 157 Å². The standard InChI is InChI=1S/C18H21ClN4O3/c1-25-15-4-3-12(19)11-14(15)18(24)23-9-5-13(6-10-23)22-16-17(26-2)21-8-7-20-16/h3-4,7-8,11,13H,5-6,9-10H2,1-2H3,(H,20,22). The number of likely N-dealkylation sites (tertiary alicyclic amines) is 1. The predicted molar refractivity (Wildman–Crippen MR) is 99.1 cm³/mol. The lowest BCUT2D eigenvalue weighted by Crippen LogP contribution is -2.42. The highest BCUT2D eigenvalue weighted by Crippen LogP contribution is 2.26. The van der Waals surface area contributed by atoms with Gasteiger partial charge in [-0.2, -0.15) is 0 Å². The number of aromatic nitrogens is 2. The molecule has 0 atom stereocenters. The second-order valence-electron chi connectivity index (χ2n) is 5.97. The molecule has 1 aliphatic rings. The van der Waals surface area contributed by atoms with E-state index in [0.29, 0.717) is 41.1 Å². The molecule has 1 aromatic heterocycles. The van der Waals surface area contributed by atoms with E-state index in [9.17, 15) is 4.79 Å². The van der Waals surface area contributed by atoms with Crippen LogP contribution in [0.4, 0.5) is 5.82 Å². The highest BCUT2D eigenvalue weighted by Gasteiger charge is 2.26. The molecule has 1 amide bonds. The highest BCUT2D eigenvalue weighted by atomic mass is 35.5. The van der Waals surface area contributed by atoms with Crippen molar-refractivity contribution in [1.29, 1.82) is 0 Å². The molecular formula is C18H21ClN4O3. The highest BCUT2D eigenvalue weighted by molar-refractivity contribution is 6.31. The van der Waals surface area contributed by atoms with E-state index >= 15 is 0 Å². The molecule has 0 saturated carbocycles. The third-order valence-corrected chi connectivity index (χ3v) is 4.61. The van der Waals surface area contributed by atoms with Gasteiger partial charge in [0.05, 0.1) is 19.8 Å². The first kappa shape index (κ1) is 18.3. The van der Waals surface area contributed by atoms with Gasteiger partial charge in [0.1, 0.15) is 5.75 Å². The van der Waals surface area contributed by atoms with Crippen molar-refractivity contribution in [3.63, 3.8) is 0 Å². The van der Waals surface area contributed by atoms with Gasteiger partial charge in [0.15, 0.2) is 5.82 Å². The predicted octanol–water partition coefficient (Wildman–Crippen LogP) is 2.86. The largest absolute Gasteiger partial charge is 0.496 e. The fourth-order valence-electron chi connectivity index (χ4n) is 3.01. The average molecular weight is 377 g/mol. The Bertz CT molecular complexity index is 779. The Morgan fingerprint density at radius 1 is 1.19 bits per heavy atom. The van der Waals surface area contributed by atoms with Gasteiger partial charge in [0.25, 0.3) is 11.8 Å². The minimum atomic E-state index is -0.0696. The summed E-state index contributed by atoms with van der Waals surface area (Å²) in [5.41, 5.74) is 0.488. The fourth-order valence-corrected chi connectivity index (χ4v) is 3.18. The first-order valence-electron chi connectivity index (χ1n) is 8.36. The molecule has 3 rings (SSSR count). The van der Waals surface area contributed by atoms with Crippen LogP contribution in [0.2, 0.25) is 5.02 Å². The van der Waals surface area contributed by atoms with Gasteiger partial charge >= 0.3 is 0 Å². The van der Waals surface area contributed by atoms with Gasteiger partial charge in [-0.15, -0.1) is 0 Å². The maximum absolute atomic E-state index is 12.8. The van der Waals surface area contributed by atoms with Crippen molar-refractivity contribution in [2.75, 3.05) is 32.6 Å². The Hall–Kier alpha value is -2.54. The molecule has 138 valence electrons. The van der Waals surface area contributed by atoms with Crippen LogP contribution in [-0.2, 0) is 0 Å². The number of nitrogens with zero attached hydrogens (tertiary/aromatic N) is 3. The number of anilines is 1. The molecule has 2 heterocycles. The first-order chi connectivity index (χ1) is 12.6. The number of benzene rings is 1. The van der Waals surface area contributed by atoms with E-state index in [0.717, 1.165) is 12.8 Å². The van der Waals surface area contributed by atoms with Gasteiger partial charge < -0.3 is 19.7 Å². The number of ether oxygens (including phenoxy) is 2. The zero-order chi connectivity index (χ0) is 18.5. The van der Waals surface area contributed by atoms with E-state index in [1.54, 1.807) is 44.8 Å². The van der Waals surface area contributed by atoms with E-state index in [4.69, 9.17) is 21.1 Å². The number of carbonyl (C=O) groups excluding carboxylic acids is 1. The van der Waals surface area contributed by atoms with Crippen LogP contribution in [-0.4, -0.2) is 54.1 Å². The summed E-state index contributed by atoms with van der Waals surface area (Å²) < 4.78 is 10.5. The number of hydrogen-bond donors (Lipinski definition) is 1. The second-order valence-corrected chi connectivity index (χ2v) is 6.41. The van der Waals surface area contributed by atoms with Crippen molar-refractivity contribution >= 4 is 23.3 Å². The fraction of sp³-hybridized carbons (Fsp3) is 0.389. The smallest absolute Gasteiger partial charge is 0.257 e. The summed E-state index contributed by atoms with van der Waals surface area (Å²) in [5.74, 6) is 1.55. The number of hydrogen-bond acceptors (Lipinski definition) is 6. The minimum absolute atomic E-state index is 0.0696. The van der Waals surface area contributed by atoms with Gasteiger partial charge in [-0.3, -0.25) is 4.79 Å². The molecule has 1 N–H and O–H groups in total. The van der Waals surface area contributed by atoms with Crippen molar-refractivity contribution in [3.05, 3.63) is 41.2 Å². The SMILES string of the molecule is COc1ccc(Cl)cc1C(=O)N1CCC(Nc2nccnc2OC)CC1. The normalized spacial score (nSPS) is 14.8. The van der Waals surface area contributed by atoms with Gasteiger partial charge in [0, 0.05) is 36.5 Å². The molecule has 0 bridgehead atoms. The molecule has 1 saturated heterocycles. The number of nitrogens with one attached hydrogen (secondary N) is 1. The molecule has 0 spiro atoms. The minimum Gasteiger partial charge on any atom is -0.496 e. The van der Waals surface area contributed by atoms with Crippen LogP contribution in [0.25, 0.3) is 0 Å². The Morgan fingerprint density at radius 3 is 2.62 bits per heavy atom. The van der Waals surface area contributed by atoms with Crippen LogP contribution in [0, 0.1) is 0 Å². The van der Waals surface area contributed by atoms with E-state index < -0.39 is 0 Å². The summed E-state index contributed by atoms with van der Waals surface area (Å²) >= 11 is 6.04. The van der Waals surface area contributed by atoms with Crippen LogP contribution in [0.1, 0.15) is 23.2 Å². The van der Waals surface area contributed by atoms with Gasteiger partial charge in [-0.25, -0.2) is 9.97 Å². The summed E-state index contributed by atoms with van der Waals surface area (Å²) in [6.07, 6.45) is 4.81. The third kappa shape index (κ3) is 3.99. The third-order valence-electron chi connectivity index (χ3n) is 4.37. The van der Waals surface area contributed by atoms with Crippen LogP contribution in [0.5, 0.6) is 11.6 Å². The molecular weight excluding hydrogens is 356 g/mol. The Balaban J connectivity index is 1.63. The van der Waals surface area contributed by atoms with Gasteiger partial charge in [-0.05, 0) is 31.0 Å². The first-order valence-corrected chi connectivity index (χ1v) is 8.74. The molecule has 7 nitrogen and oxygen atoms in total. The number of carbonyl (C=O) groups is 1. The molecule has 0 radical (unpaired) electrons. The summed E-state index contributed by atoms with van der Waals surface area (Å²) in [4.78, 5) is 23.0. The molecule has 0 unspecified atom stereocenters. The molecule has 2 aromatic rings. The molecule has 8 heteroatoms. The Morgan fingerprint density at radius 2 is 1.92 bits per heavy atom. The second kappa shape index (κ2) is 8.23. The number of piperidine rings is 1. The van der Waals surface area contributed by atoms with E-state index in [2.05, 4.69) is 15.3 Å². The van der Waals surface area contributed by atoms with Crippen molar-refractivity contribution in [2.45, 2.75) is 18.9 Å². The van der Waals surface area contributed by atoms with Crippen LogP contribution < -0.4 is 14.8 Å². The zero-order valence-electron chi connectivity index (χ0n) is 14.7. The maximum atomic E-state index is 12.8. The van der Waals surface area contributed by atoms with Crippen molar-refractivity contribution in [2.24, 2.45) is 0 Å². The lowest BCUT2D eigenvalue weighted by atomic mass is 10.0. The van der Waals surface area contributed by atoms with Gasteiger partial charge in [0.2, 0.25) is 0 Å². The van der Waals surface area contributed by atoms with E-state index in [1.165, 1.54) is 0 Å². The maximum Gasteiger partial charge on any atom is 0.257 e. The number of amides is 1. The summed E-state index contributed by atoms with van der Waals surface area (Å²) in [5, 5.41) is 3.86. The quantitative estimate of drug-likeness (QED) is 0.864.